The van der Waals surface area contributed by atoms with E-state index in [1.807, 2.05) is 70.9 Å². The highest BCUT2D eigenvalue weighted by Gasteiger charge is 2.33. The van der Waals surface area contributed by atoms with Gasteiger partial charge in [-0.2, -0.15) is 15.3 Å². The number of methoxy groups -OCH3 is 9. The van der Waals surface area contributed by atoms with Crippen LogP contribution in [0.3, 0.4) is 0 Å². The topological polar surface area (TPSA) is 362 Å². The van der Waals surface area contributed by atoms with Gasteiger partial charge in [0.2, 0.25) is 17.7 Å². The number of esters is 3. The summed E-state index contributed by atoms with van der Waals surface area (Å²) in [4.78, 5) is 114. The zero-order chi connectivity index (χ0) is 86.7. The summed E-state index contributed by atoms with van der Waals surface area (Å²) < 4.78 is 52.8. The van der Waals surface area contributed by atoms with Gasteiger partial charge in [0.1, 0.15) is 66.2 Å². The highest BCUT2D eigenvalue weighted by atomic mass is 16.5. The van der Waals surface area contributed by atoms with Crippen molar-refractivity contribution >= 4 is 53.4 Å². The third kappa shape index (κ3) is 28.8. The molecule has 3 aliphatic carbocycles. The quantitative estimate of drug-likeness (QED) is 0.0154. The van der Waals surface area contributed by atoms with Gasteiger partial charge in [-0.25, -0.2) is 0 Å². The summed E-state index contributed by atoms with van der Waals surface area (Å²) in [7, 11) is 13.4. The Morgan fingerprint density at radius 3 is 1.29 bits per heavy atom. The highest BCUT2D eigenvalue weighted by Crippen LogP contribution is 2.41. The zero-order valence-electron chi connectivity index (χ0n) is 72.8. The maximum absolute atomic E-state index is 13.7. The number of ether oxygens (including phenoxy) is 9. The van der Waals surface area contributed by atoms with Crippen LogP contribution in [0.1, 0.15) is 227 Å². The summed E-state index contributed by atoms with van der Waals surface area (Å²) in [6, 6.07) is 19.7. The van der Waals surface area contributed by atoms with Crippen molar-refractivity contribution in [3.8, 4) is 68.3 Å². The summed E-state index contributed by atoms with van der Waals surface area (Å²) in [5.74, 6) is 1.91. The molecule has 3 aromatic carbocycles. The Bertz CT molecular complexity index is 4240. The van der Waals surface area contributed by atoms with E-state index in [4.69, 9.17) is 33.5 Å². The SMILES string of the molecule is CCC(CC)Cn1nc(C(=O)N[C@@H](CCC2CCCCC2)CC(=O)NCC(=O)OC)cc1-c1c(OC)cccc1OC.COC(=O)CNC(=O)[C@H](CC1CCCCC1)NC(=O)c1cc(-c2cc(OC)ccc2OC)n(C(C)C(C)C)n1.COC(=O)CNC(=O)[C@H](CC1CCCCC1)NC(=O)c1cc(-c2cc(OC)ccc2OC)n(CC(C)C)n1. The van der Waals surface area contributed by atoms with Gasteiger partial charge in [0.05, 0.1) is 92.7 Å². The second kappa shape index (κ2) is 49.0. The molecular formula is C89H130N12O18. The van der Waals surface area contributed by atoms with Crippen LogP contribution in [0, 0.1) is 35.5 Å². The number of amides is 6. The largest absolute Gasteiger partial charge is 0.497 e. The molecule has 0 radical (unpaired) electrons. The first-order valence-corrected chi connectivity index (χ1v) is 42.1. The van der Waals surface area contributed by atoms with Gasteiger partial charge in [0, 0.05) is 36.7 Å². The van der Waals surface area contributed by atoms with Gasteiger partial charge in [-0.1, -0.05) is 157 Å². The monoisotopic (exact) mass is 1650 g/mol. The lowest BCUT2D eigenvalue weighted by molar-refractivity contribution is -0.141. The van der Waals surface area contributed by atoms with E-state index < -0.39 is 59.7 Å². The van der Waals surface area contributed by atoms with Gasteiger partial charge in [0.15, 0.2) is 17.1 Å². The average molecular weight is 1660 g/mol. The molecule has 3 aromatic heterocycles. The highest BCUT2D eigenvalue weighted by molar-refractivity contribution is 5.99. The average Bonchev–Trinajstić information content (AvgIpc) is 1.72. The molecule has 3 aliphatic rings. The molecule has 30 nitrogen and oxygen atoms in total. The molecule has 0 spiro atoms. The minimum atomic E-state index is -0.798. The van der Waals surface area contributed by atoms with E-state index in [2.05, 4.69) is 97.9 Å². The Balaban J connectivity index is 0.000000247. The molecule has 3 saturated carbocycles. The number of nitrogens with zero attached hydrogens (tertiary/aromatic N) is 6. The fourth-order valence-corrected chi connectivity index (χ4v) is 15.4. The van der Waals surface area contributed by atoms with Crippen molar-refractivity contribution in [1.82, 2.24) is 61.2 Å². The summed E-state index contributed by atoms with van der Waals surface area (Å²) >= 11 is 0. The molecule has 6 N–H and O–H groups in total. The first-order valence-electron chi connectivity index (χ1n) is 42.1. The van der Waals surface area contributed by atoms with Crippen molar-refractivity contribution in [1.29, 1.82) is 0 Å². The van der Waals surface area contributed by atoms with Gasteiger partial charge < -0.3 is 74.5 Å². The lowest BCUT2D eigenvalue weighted by Gasteiger charge is -2.26. The number of benzene rings is 3. The summed E-state index contributed by atoms with van der Waals surface area (Å²) in [5, 5.41) is 30.7. The van der Waals surface area contributed by atoms with Crippen LogP contribution in [-0.2, 0) is 56.1 Å². The predicted molar refractivity (Wildman–Crippen MR) is 452 cm³/mol. The second-order valence-electron chi connectivity index (χ2n) is 31.7. The first kappa shape index (κ1) is 95.5. The second-order valence-corrected chi connectivity index (χ2v) is 31.7. The number of hydrogen-bond donors (Lipinski definition) is 6. The van der Waals surface area contributed by atoms with E-state index in [1.54, 1.807) is 65.5 Å². The predicted octanol–water partition coefficient (Wildman–Crippen LogP) is 12.9. The number of nitrogens with one attached hydrogen (secondary N) is 6. The van der Waals surface area contributed by atoms with E-state index in [1.165, 1.54) is 66.3 Å². The molecule has 3 fully saturated rings. The Kier molecular flexibility index (Phi) is 39.3. The molecule has 119 heavy (non-hydrogen) atoms. The van der Waals surface area contributed by atoms with Crippen LogP contribution in [0.4, 0.5) is 0 Å². The van der Waals surface area contributed by atoms with Crippen LogP contribution in [0.15, 0.2) is 72.8 Å². The summed E-state index contributed by atoms with van der Waals surface area (Å²) in [6.45, 7) is 15.2. The molecule has 1 unspecified atom stereocenters. The number of carbonyl (C=O) groups is 9. The van der Waals surface area contributed by atoms with Crippen LogP contribution in [0.5, 0.6) is 34.5 Å². The lowest BCUT2D eigenvalue weighted by Crippen LogP contribution is -2.49. The molecule has 3 heterocycles. The summed E-state index contributed by atoms with van der Waals surface area (Å²) in [5.41, 5.74) is 5.01. The Labute approximate surface area is 701 Å². The standard InChI is InChI=1S/C32H48N4O6.C29H42N4O6.C28H40N4O6/c1-6-22(7-2)21-36-26(31-27(40-3)14-11-15-28(31)41-4)19-25(35-36)32(39)34-24(17-16-23-12-9-8-10-13-23)18-29(37)33-20-30(38)42-5;1-18(2)19(3)33-25(22-15-21(37-4)12-13-26(22)38-5)16-24(32-33)29(36)31-23(14-20-10-8-7-9-11-20)28(35)30-17-27(34)39-6;1-18(2)17-32-24(21-14-20(36-3)11-12-25(21)37-4)15-23(31-32)28(35)30-22(13-19-9-7-6-8-10-19)27(34)29-16-26(33)38-5/h11,14-15,19,22-24H,6-10,12-13,16-18,20-21H2,1-5H3,(H,33,37)(H,34,39);12-13,15-16,18-20,23H,7-11,14,17H2,1-6H3,(H,30,35)(H,31,36);11-12,14-15,18-19,22H,6-10,13,16-17H2,1-5H3,(H,29,34)(H,30,35)/t24-;19?,23-;22-/m000/s1. The van der Waals surface area contributed by atoms with E-state index in [-0.39, 0.29) is 72.8 Å². The van der Waals surface area contributed by atoms with E-state index >= 15 is 0 Å². The Morgan fingerprint density at radius 1 is 0.445 bits per heavy atom. The molecule has 0 aliphatic heterocycles. The van der Waals surface area contributed by atoms with Crippen molar-refractivity contribution in [3.63, 3.8) is 0 Å². The molecule has 4 atom stereocenters. The smallest absolute Gasteiger partial charge is 0.325 e. The van der Waals surface area contributed by atoms with Gasteiger partial charge >= 0.3 is 17.9 Å². The van der Waals surface area contributed by atoms with Crippen LogP contribution < -0.4 is 60.3 Å². The third-order valence-corrected chi connectivity index (χ3v) is 22.7. The van der Waals surface area contributed by atoms with Gasteiger partial charge in [-0.3, -0.25) is 57.2 Å². The van der Waals surface area contributed by atoms with Crippen molar-refractivity contribution in [3.05, 3.63) is 89.9 Å². The molecule has 6 amide bonds. The van der Waals surface area contributed by atoms with E-state index in [0.717, 1.165) is 93.0 Å². The van der Waals surface area contributed by atoms with Crippen LogP contribution in [0.25, 0.3) is 33.8 Å². The third-order valence-electron chi connectivity index (χ3n) is 22.7. The van der Waals surface area contributed by atoms with Crippen molar-refractivity contribution in [2.75, 3.05) is 83.6 Å². The van der Waals surface area contributed by atoms with Crippen LogP contribution >= 0.6 is 0 Å². The minimum absolute atomic E-state index is 0.0288. The number of aromatic nitrogens is 6. The molecule has 30 heteroatoms. The van der Waals surface area contributed by atoms with Gasteiger partial charge in [-0.05, 0) is 135 Å². The van der Waals surface area contributed by atoms with Crippen molar-refractivity contribution in [2.24, 2.45) is 35.5 Å². The molecular weight excluding hydrogens is 1530 g/mol. The maximum Gasteiger partial charge on any atom is 0.325 e. The van der Waals surface area contributed by atoms with Crippen LogP contribution in [-0.4, -0.2) is 184 Å². The fraction of sp³-hybridized carbons (Fsp3) is 0.596. The molecule has 654 valence electrons. The Morgan fingerprint density at radius 2 is 0.857 bits per heavy atom. The fourth-order valence-electron chi connectivity index (χ4n) is 15.4. The molecule has 6 aromatic rings. The normalized spacial score (nSPS) is 14.7. The Hall–Kier alpha value is -10.7. The number of hydrogen-bond acceptors (Lipinski definition) is 21. The molecule has 0 bridgehead atoms. The lowest BCUT2D eigenvalue weighted by atomic mass is 9.84. The van der Waals surface area contributed by atoms with Gasteiger partial charge in [0.25, 0.3) is 17.7 Å². The van der Waals surface area contributed by atoms with E-state index in [0.29, 0.717) is 102 Å². The van der Waals surface area contributed by atoms with E-state index in [9.17, 15) is 43.2 Å². The molecule has 9 rings (SSSR count). The number of carbonyl (C=O) groups excluding carboxylic acids is 9. The number of rotatable bonds is 40. The minimum Gasteiger partial charge on any atom is -0.497 e. The van der Waals surface area contributed by atoms with Crippen molar-refractivity contribution < 1.29 is 85.8 Å². The van der Waals surface area contributed by atoms with Gasteiger partial charge in [-0.15, -0.1) is 0 Å². The maximum atomic E-state index is 13.7. The van der Waals surface area contributed by atoms with Crippen LogP contribution in [0.2, 0.25) is 0 Å². The molecule has 0 saturated heterocycles. The zero-order valence-corrected chi connectivity index (χ0v) is 72.8. The van der Waals surface area contributed by atoms with Crippen molar-refractivity contribution in [2.45, 2.75) is 227 Å². The summed E-state index contributed by atoms with van der Waals surface area (Å²) in [6.07, 6.45) is 21.6. The first-order chi connectivity index (χ1) is 57.2.